The van der Waals surface area contributed by atoms with Crippen molar-refractivity contribution in [1.82, 2.24) is 10.2 Å². The summed E-state index contributed by atoms with van der Waals surface area (Å²) in [6.45, 7) is 2.69. The van der Waals surface area contributed by atoms with Crippen molar-refractivity contribution in [3.05, 3.63) is 106 Å². The Labute approximate surface area is 169 Å². The monoisotopic (exact) mass is 390 g/mol. The minimum atomic E-state index is 0.160. The summed E-state index contributed by atoms with van der Waals surface area (Å²) in [4.78, 5) is 0. The molecule has 1 atom stereocenters. The van der Waals surface area contributed by atoms with Gasteiger partial charge in [0.05, 0.1) is 0 Å². The van der Waals surface area contributed by atoms with Crippen LogP contribution < -0.4 is 5.32 Å². The van der Waals surface area contributed by atoms with Crippen LogP contribution in [0.5, 0.6) is 0 Å². The molecule has 0 bridgehead atoms. The molecule has 0 spiro atoms. The van der Waals surface area contributed by atoms with Crippen molar-refractivity contribution >= 4 is 11.6 Å². The number of nitrogens with zero attached hydrogens (tertiary/aromatic N) is 2. The predicted molar refractivity (Wildman–Crippen MR) is 110 cm³/mol. The Balaban J connectivity index is 1.53. The van der Waals surface area contributed by atoms with Crippen LogP contribution in [0.15, 0.2) is 83.3 Å². The number of quaternary nitrogens is 1. The lowest BCUT2D eigenvalue weighted by Gasteiger charge is -2.16. The highest BCUT2D eigenvalue weighted by Gasteiger charge is 2.19. The molecule has 0 saturated carbocycles. The maximum Gasteiger partial charge on any atom is 0.271 e. The van der Waals surface area contributed by atoms with Crippen LogP contribution in [0.2, 0.25) is 5.02 Å². The number of aromatic nitrogens is 2. The molecule has 28 heavy (non-hydrogen) atoms. The Morgan fingerprint density at radius 3 is 2.25 bits per heavy atom. The zero-order valence-electron chi connectivity index (χ0n) is 15.5. The number of nitrogens with two attached hydrogens (primary N) is 1. The Morgan fingerprint density at radius 1 is 0.857 bits per heavy atom. The van der Waals surface area contributed by atoms with Gasteiger partial charge < -0.3 is 9.73 Å². The van der Waals surface area contributed by atoms with Crippen molar-refractivity contribution in [2.24, 2.45) is 0 Å². The average Bonchev–Trinajstić information content (AvgIpc) is 3.20. The number of rotatable bonds is 6. The molecule has 0 aliphatic heterocycles. The van der Waals surface area contributed by atoms with Crippen LogP contribution >= 0.6 is 11.6 Å². The van der Waals surface area contributed by atoms with Gasteiger partial charge in [0.25, 0.3) is 5.89 Å². The zero-order valence-corrected chi connectivity index (χ0v) is 16.3. The van der Waals surface area contributed by atoms with Crippen LogP contribution in [0, 0.1) is 6.92 Å². The maximum absolute atomic E-state index is 5.94. The normalized spacial score (nSPS) is 12.1. The molecule has 2 N–H and O–H groups in total. The first kappa shape index (κ1) is 18.4. The van der Waals surface area contributed by atoms with Gasteiger partial charge in [-0.05, 0) is 31.2 Å². The van der Waals surface area contributed by atoms with E-state index in [2.05, 4.69) is 71.0 Å². The second-order valence-electron chi connectivity index (χ2n) is 6.75. The van der Waals surface area contributed by atoms with Gasteiger partial charge in [-0.2, -0.15) is 0 Å². The molecular formula is C23H21ClN3O+. The van der Waals surface area contributed by atoms with Gasteiger partial charge in [0, 0.05) is 21.7 Å². The second-order valence-corrected chi connectivity index (χ2v) is 7.18. The lowest BCUT2D eigenvalue weighted by Crippen LogP contribution is -2.84. The first-order valence-electron chi connectivity index (χ1n) is 9.22. The average molecular weight is 391 g/mol. The third-order valence-corrected chi connectivity index (χ3v) is 4.93. The van der Waals surface area contributed by atoms with Crippen LogP contribution in [0.1, 0.15) is 28.6 Å². The van der Waals surface area contributed by atoms with Gasteiger partial charge in [0.2, 0.25) is 5.89 Å². The van der Waals surface area contributed by atoms with Crippen LogP contribution in [-0.4, -0.2) is 10.2 Å². The Hall–Kier alpha value is -2.95. The van der Waals surface area contributed by atoms with Gasteiger partial charge in [-0.3, -0.25) is 0 Å². The molecule has 4 rings (SSSR count). The molecule has 0 aliphatic rings. The fourth-order valence-electron chi connectivity index (χ4n) is 3.16. The third kappa shape index (κ3) is 4.30. The second kappa shape index (κ2) is 8.38. The van der Waals surface area contributed by atoms with Crippen molar-refractivity contribution < 1.29 is 9.73 Å². The molecule has 0 fully saturated rings. The van der Waals surface area contributed by atoms with E-state index in [1.54, 1.807) is 0 Å². The van der Waals surface area contributed by atoms with Crippen molar-refractivity contribution in [2.45, 2.75) is 19.5 Å². The van der Waals surface area contributed by atoms with Gasteiger partial charge in [0.15, 0.2) is 6.54 Å². The van der Waals surface area contributed by atoms with E-state index in [1.165, 1.54) is 16.7 Å². The summed E-state index contributed by atoms with van der Waals surface area (Å²) >= 11 is 5.94. The Morgan fingerprint density at radius 2 is 1.54 bits per heavy atom. The topological polar surface area (TPSA) is 55.5 Å². The smallest absolute Gasteiger partial charge is 0.271 e. The van der Waals surface area contributed by atoms with Crippen molar-refractivity contribution in [3.63, 3.8) is 0 Å². The van der Waals surface area contributed by atoms with Crippen molar-refractivity contribution in [1.29, 1.82) is 0 Å². The Kier molecular flexibility index (Phi) is 5.51. The number of halogens is 1. The van der Waals surface area contributed by atoms with E-state index in [9.17, 15) is 0 Å². The lowest BCUT2D eigenvalue weighted by molar-refractivity contribution is -0.704. The predicted octanol–water partition coefficient (Wildman–Crippen LogP) is 4.55. The highest BCUT2D eigenvalue weighted by Crippen LogP contribution is 2.21. The molecule has 3 aromatic carbocycles. The number of hydrogen-bond acceptors (Lipinski definition) is 3. The van der Waals surface area contributed by atoms with Gasteiger partial charge in [-0.1, -0.05) is 71.8 Å². The van der Waals surface area contributed by atoms with E-state index in [0.29, 0.717) is 23.3 Å². The minimum absolute atomic E-state index is 0.160. The molecule has 0 radical (unpaired) electrons. The summed E-state index contributed by atoms with van der Waals surface area (Å²) in [6.07, 6.45) is 0. The molecule has 0 saturated heterocycles. The van der Waals surface area contributed by atoms with Gasteiger partial charge in [-0.25, -0.2) is 0 Å². The molecule has 0 unspecified atom stereocenters. The molecular weight excluding hydrogens is 370 g/mol. The fraction of sp³-hybridized carbons (Fsp3) is 0.130. The first-order chi connectivity index (χ1) is 13.7. The summed E-state index contributed by atoms with van der Waals surface area (Å²) in [5, 5.41) is 11.3. The summed E-state index contributed by atoms with van der Waals surface area (Å²) < 4.78 is 5.85. The summed E-state index contributed by atoms with van der Waals surface area (Å²) in [5.41, 5.74) is 4.60. The van der Waals surface area contributed by atoms with Crippen LogP contribution in [0.25, 0.3) is 11.5 Å². The van der Waals surface area contributed by atoms with E-state index in [0.717, 1.165) is 5.56 Å². The Bertz CT molecular complexity index is 1030. The van der Waals surface area contributed by atoms with Crippen LogP contribution in [-0.2, 0) is 6.54 Å². The third-order valence-electron chi connectivity index (χ3n) is 4.68. The van der Waals surface area contributed by atoms with Gasteiger partial charge >= 0.3 is 0 Å². The lowest BCUT2D eigenvalue weighted by atomic mass is 9.98. The standard InChI is InChI=1S/C23H20ClN3O/c1-16-7-9-18(10-8-16)22(17-5-3-2-4-6-17)25-15-21-26-27-23(28-21)19-11-13-20(24)14-12-19/h2-14,22,25H,15H2,1H3/p+1/t22-/m0/s1. The summed E-state index contributed by atoms with van der Waals surface area (Å²) in [7, 11) is 0. The molecule has 1 heterocycles. The number of aryl methyl sites for hydroxylation is 1. The van der Waals surface area contributed by atoms with Crippen molar-refractivity contribution in [2.75, 3.05) is 0 Å². The van der Waals surface area contributed by atoms with E-state index >= 15 is 0 Å². The highest BCUT2D eigenvalue weighted by atomic mass is 35.5. The van der Waals surface area contributed by atoms with Crippen molar-refractivity contribution in [3.8, 4) is 11.5 Å². The highest BCUT2D eigenvalue weighted by molar-refractivity contribution is 6.30. The van der Waals surface area contributed by atoms with E-state index < -0.39 is 0 Å². The van der Waals surface area contributed by atoms with Crippen LogP contribution in [0.4, 0.5) is 0 Å². The quantitative estimate of drug-likeness (QED) is 0.525. The summed E-state index contributed by atoms with van der Waals surface area (Å²) in [6, 6.07) is 26.6. The van der Waals surface area contributed by atoms with Crippen LogP contribution in [0.3, 0.4) is 0 Å². The van der Waals surface area contributed by atoms with E-state index in [4.69, 9.17) is 16.0 Å². The molecule has 0 amide bonds. The molecule has 0 aliphatic carbocycles. The fourth-order valence-corrected chi connectivity index (χ4v) is 3.29. The molecule has 4 aromatic rings. The summed E-state index contributed by atoms with van der Waals surface area (Å²) in [5.74, 6) is 1.10. The largest absolute Gasteiger partial charge is 0.415 e. The first-order valence-corrected chi connectivity index (χ1v) is 9.60. The maximum atomic E-state index is 5.94. The van der Waals surface area contributed by atoms with E-state index in [-0.39, 0.29) is 6.04 Å². The number of hydrogen-bond donors (Lipinski definition) is 1. The SMILES string of the molecule is Cc1ccc([C@@H]([NH2+]Cc2nnc(-c3ccc(Cl)cc3)o2)c2ccccc2)cc1. The van der Waals surface area contributed by atoms with Gasteiger partial charge in [0.1, 0.15) is 6.04 Å². The van der Waals surface area contributed by atoms with Gasteiger partial charge in [-0.15, -0.1) is 10.2 Å². The molecule has 5 heteroatoms. The molecule has 140 valence electrons. The zero-order chi connectivity index (χ0) is 19.3. The minimum Gasteiger partial charge on any atom is -0.415 e. The molecule has 1 aromatic heterocycles. The number of benzene rings is 3. The molecule has 4 nitrogen and oxygen atoms in total. The van der Waals surface area contributed by atoms with E-state index in [1.807, 2.05) is 30.3 Å².